The number of hydrogen-bond donors (Lipinski definition) is 1. The number of hydrogen-bond acceptors (Lipinski definition) is 6. The van der Waals surface area contributed by atoms with E-state index in [0.29, 0.717) is 22.7 Å². The Labute approximate surface area is 186 Å². The van der Waals surface area contributed by atoms with Crippen LogP contribution in [0, 0.1) is 0 Å². The number of esters is 1. The molecule has 32 heavy (non-hydrogen) atoms. The number of anilines is 1. The Hall–Kier alpha value is -4.00. The molecule has 0 aromatic heterocycles. The first-order valence-corrected chi connectivity index (χ1v) is 10.0. The number of amides is 1. The molecule has 0 radical (unpaired) electrons. The number of methoxy groups -OCH3 is 2. The van der Waals surface area contributed by atoms with Crippen LogP contribution in [0.25, 0.3) is 0 Å². The van der Waals surface area contributed by atoms with E-state index < -0.39 is 0 Å². The number of nitrogens with one attached hydrogen (secondary N) is 1. The molecule has 7 heteroatoms. The maximum Gasteiger partial charge on any atom is 0.309 e. The highest BCUT2D eigenvalue weighted by Gasteiger charge is 2.08. The van der Waals surface area contributed by atoms with E-state index >= 15 is 0 Å². The lowest BCUT2D eigenvalue weighted by molar-refractivity contribution is -0.145. The van der Waals surface area contributed by atoms with Crippen molar-refractivity contribution in [3.05, 3.63) is 83.9 Å². The maximum atomic E-state index is 12.4. The van der Waals surface area contributed by atoms with E-state index in [1.165, 1.54) is 0 Å². The van der Waals surface area contributed by atoms with Gasteiger partial charge in [-0.25, -0.2) is 0 Å². The van der Waals surface area contributed by atoms with Crippen LogP contribution >= 0.6 is 0 Å². The molecule has 7 nitrogen and oxygen atoms in total. The molecule has 3 aromatic rings. The van der Waals surface area contributed by atoms with Gasteiger partial charge in [0.2, 0.25) is 0 Å². The number of carbonyl (C=O) groups excluding carboxylic acids is 2. The van der Waals surface area contributed by atoms with Gasteiger partial charge >= 0.3 is 5.97 Å². The third-order valence-electron chi connectivity index (χ3n) is 4.60. The largest absolute Gasteiger partial charge is 0.497 e. The molecule has 0 spiro atoms. The predicted molar refractivity (Wildman–Crippen MR) is 120 cm³/mol. The van der Waals surface area contributed by atoms with Gasteiger partial charge in [-0.15, -0.1) is 0 Å². The first-order chi connectivity index (χ1) is 15.6. The van der Waals surface area contributed by atoms with Gasteiger partial charge < -0.3 is 24.3 Å². The molecular weight excluding hydrogens is 410 g/mol. The number of rotatable bonds is 10. The van der Waals surface area contributed by atoms with E-state index in [-0.39, 0.29) is 31.5 Å². The second-order valence-electron chi connectivity index (χ2n) is 6.81. The van der Waals surface area contributed by atoms with Crippen LogP contribution in [-0.2, 0) is 16.1 Å². The van der Waals surface area contributed by atoms with Gasteiger partial charge in [-0.05, 0) is 66.2 Å². The predicted octanol–water partition coefficient (Wildman–Crippen LogP) is 4.47. The van der Waals surface area contributed by atoms with Gasteiger partial charge in [0.15, 0.2) is 0 Å². The summed E-state index contributed by atoms with van der Waals surface area (Å²) in [5, 5.41) is 2.82. The van der Waals surface area contributed by atoms with Crippen LogP contribution in [0.5, 0.6) is 17.2 Å². The molecule has 3 aromatic carbocycles. The Morgan fingerprint density at radius 3 is 1.91 bits per heavy atom. The Bertz CT molecular complexity index is 1010. The summed E-state index contributed by atoms with van der Waals surface area (Å²) in [6.45, 7) is 0.345. The first kappa shape index (κ1) is 22.7. The molecule has 1 amide bonds. The standard InChI is InChI=1S/C25H25NO6/c1-29-21-9-7-20(8-10-21)26-25(28)19-5-3-18(4-6-19)17-32-24(27)15-16-31-23-13-11-22(30-2)12-14-23/h3-14H,15-17H2,1-2H3,(H,26,28). The van der Waals surface area contributed by atoms with Crippen molar-refractivity contribution in [1.82, 2.24) is 0 Å². The minimum absolute atomic E-state index is 0.127. The van der Waals surface area contributed by atoms with Crippen LogP contribution in [0.2, 0.25) is 0 Å². The Morgan fingerprint density at radius 2 is 1.31 bits per heavy atom. The van der Waals surface area contributed by atoms with Crippen LogP contribution in [0.1, 0.15) is 22.3 Å². The second kappa shape index (κ2) is 11.4. The van der Waals surface area contributed by atoms with Crippen molar-refractivity contribution >= 4 is 17.6 Å². The fraction of sp³-hybridized carbons (Fsp3) is 0.200. The molecular formula is C25H25NO6. The Morgan fingerprint density at radius 1 is 0.750 bits per heavy atom. The summed E-state index contributed by atoms with van der Waals surface area (Å²) in [7, 11) is 3.18. The minimum Gasteiger partial charge on any atom is -0.497 e. The first-order valence-electron chi connectivity index (χ1n) is 10.0. The average molecular weight is 435 g/mol. The molecule has 0 saturated carbocycles. The highest BCUT2D eigenvalue weighted by Crippen LogP contribution is 2.18. The lowest BCUT2D eigenvalue weighted by Gasteiger charge is -2.09. The summed E-state index contributed by atoms with van der Waals surface area (Å²) in [6.07, 6.45) is 0.133. The lowest BCUT2D eigenvalue weighted by atomic mass is 10.1. The molecule has 0 fully saturated rings. The summed E-state index contributed by atoms with van der Waals surface area (Å²) in [6, 6.07) is 21.1. The van der Waals surface area contributed by atoms with E-state index in [9.17, 15) is 9.59 Å². The Kier molecular flexibility index (Phi) is 8.09. The van der Waals surface area contributed by atoms with Gasteiger partial charge in [0.1, 0.15) is 23.9 Å². The van der Waals surface area contributed by atoms with E-state index in [2.05, 4.69) is 5.32 Å². The Balaban J connectivity index is 1.40. The molecule has 3 rings (SSSR count). The number of carbonyl (C=O) groups is 2. The molecule has 1 N–H and O–H groups in total. The molecule has 0 heterocycles. The van der Waals surface area contributed by atoms with Crippen molar-refractivity contribution in [2.75, 3.05) is 26.1 Å². The summed E-state index contributed by atoms with van der Waals surface area (Å²) in [5.41, 5.74) is 1.96. The van der Waals surface area contributed by atoms with Crippen molar-refractivity contribution in [2.45, 2.75) is 13.0 Å². The molecule has 0 aliphatic rings. The SMILES string of the molecule is COc1ccc(NC(=O)c2ccc(COC(=O)CCOc3ccc(OC)cc3)cc2)cc1. The quantitative estimate of drug-likeness (QED) is 0.473. The highest BCUT2D eigenvalue weighted by molar-refractivity contribution is 6.04. The van der Waals surface area contributed by atoms with Crippen molar-refractivity contribution in [1.29, 1.82) is 0 Å². The summed E-state index contributed by atoms with van der Waals surface area (Å²) >= 11 is 0. The molecule has 0 aliphatic heterocycles. The van der Waals surface area contributed by atoms with Gasteiger partial charge in [0, 0.05) is 11.3 Å². The van der Waals surface area contributed by atoms with Crippen LogP contribution in [0.3, 0.4) is 0 Å². The van der Waals surface area contributed by atoms with Crippen LogP contribution in [0.15, 0.2) is 72.8 Å². The molecule has 0 aliphatic carbocycles. The van der Waals surface area contributed by atoms with Gasteiger partial charge in [-0.2, -0.15) is 0 Å². The fourth-order valence-electron chi connectivity index (χ4n) is 2.79. The zero-order valence-electron chi connectivity index (χ0n) is 18.0. The van der Waals surface area contributed by atoms with Gasteiger partial charge in [-0.3, -0.25) is 9.59 Å². The minimum atomic E-state index is -0.361. The van der Waals surface area contributed by atoms with E-state index in [1.807, 2.05) is 0 Å². The van der Waals surface area contributed by atoms with Gasteiger partial charge in [0.05, 0.1) is 27.2 Å². The third kappa shape index (κ3) is 6.77. The topological polar surface area (TPSA) is 83.1 Å². The van der Waals surface area contributed by atoms with Crippen molar-refractivity contribution < 1.29 is 28.5 Å². The van der Waals surface area contributed by atoms with Crippen molar-refractivity contribution in [2.24, 2.45) is 0 Å². The average Bonchev–Trinajstić information content (AvgIpc) is 2.84. The summed E-state index contributed by atoms with van der Waals surface area (Å²) in [4.78, 5) is 24.3. The van der Waals surface area contributed by atoms with E-state index in [4.69, 9.17) is 18.9 Å². The van der Waals surface area contributed by atoms with E-state index in [0.717, 1.165) is 11.3 Å². The van der Waals surface area contributed by atoms with Crippen LogP contribution in [0.4, 0.5) is 5.69 Å². The third-order valence-corrected chi connectivity index (χ3v) is 4.60. The molecule has 0 unspecified atom stereocenters. The summed E-state index contributed by atoms with van der Waals surface area (Å²) in [5.74, 6) is 1.52. The van der Waals surface area contributed by atoms with Crippen molar-refractivity contribution in [3.8, 4) is 17.2 Å². The summed E-state index contributed by atoms with van der Waals surface area (Å²) < 4.78 is 21.0. The van der Waals surface area contributed by atoms with Gasteiger partial charge in [-0.1, -0.05) is 12.1 Å². The zero-order chi connectivity index (χ0) is 22.8. The molecule has 0 saturated heterocycles. The van der Waals surface area contributed by atoms with Crippen molar-refractivity contribution in [3.63, 3.8) is 0 Å². The normalized spacial score (nSPS) is 10.2. The smallest absolute Gasteiger partial charge is 0.309 e. The van der Waals surface area contributed by atoms with E-state index in [1.54, 1.807) is 87.0 Å². The second-order valence-corrected chi connectivity index (χ2v) is 6.81. The zero-order valence-corrected chi connectivity index (χ0v) is 18.0. The fourth-order valence-corrected chi connectivity index (χ4v) is 2.79. The van der Waals surface area contributed by atoms with Crippen LogP contribution in [-0.4, -0.2) is 32.7 Å². The molecule has 0 bridgehead atoms. The maximum absolute atomic E-state index is 12.4. The number of benzene rings is 3. The number of ether oxygens (including phenoxy) is 4. The lowest BCUT2D eigenvalue weighted by Crippen LogP contribution is -2.12. The van der Waals surface area contributed by atoms with Gasteiger partial charge in [0.25, 0.3) is 5.91 Å². The monoisotopic (exact) mass is 435 g/mol. The highest BCUT2D eigenvalue weighted by atomic mass is 16.5. The molecule has 166 valence electrons. The van der Waals surface area contributed by atoms with Crippen LogP contribution < -0.4 is 19.5 Å². The molecule has 0 atom stereocenters.